The molecule has 3 rings (SSSR count). The van der Waals surface area contributed by atoms with Gasteiger partial charge in [-0.1, -0.05) is 18.2 Å². The lowest BCUT2D eigenvalue weighted by Crippen LogP contribution is -2.23. The summed E-state index contributed by atoms with van der Waals surface area (Å²) in [7, 11) is 1.88. The topological polar surface area (TPSA) is 68.5 Å². The molecule has 0 aliphatic rings. The third-order valence-corrected chi connectivity index (χ3v) is 3.41. The zero-order valence-corrected chi connectivity index (χ0v) is 12.2. The van der Waals surface area contributed by atoms with E-state index in [-0.39, 0.29) is 6.04 Å². The first-order valence-electron chi connectivity index (χ1n) is 7.05. The molecule has 3 aromatic rings. The standard InChI is InChI=1S/C15H18N6/c1-3-16-14(9-12-10-21(2)20-19-12)11-4-5-13-15(8-11)18-7-6-17-13/h4-8,10,14,16H,3,9H2,1-2H3. The highest BCUT2D eigenvalue weighted by molar-refractivity contribution is 5.74. The maximum absolute atomic E-state index is 4.37. The normalized spacial score (nSPS) is 12.7. The van der Waals surface area contributed by atoms with Crippen LogP contribution in [0.4, 0.5) is 0 Å². The molecular weight excluding hydrogens is 264 g/mol. The van der Waals surface area contributed by atoms with Crippen molar-refractivity contribution >= 4 is 11.0 Å². The fourth-order valence-electron chi connectivity index (χ4n) is 2.45. The van der Waals surface area contributed by atoms with Crippen LogP contribution in [0.5, 0.6) is 0 Å². The summed E-state index contributed by atoms with van der Waals surface area (Å²) in [6, 6.07) is 6.39. The van der Waals surface area contributed by atoms with Crippen molar-refractivity contribution in [1.82, 2.24) is 30.3 Å². The second-order valence-corrected chi connectivity index (χ2v) is 5.00. The highest BCUT2D eigenvalue weighted by Crippen LogP contribution is 2.20. The average molecular weight is 282 g/mol. The van der Waals surface area contributed by atoms with Gasteiger partial charge in [-0.2, -0.15) is 0 Å². The number of likely N-dealkylation sites (N-methyl/N-ethyl adjacent to an activating group) is 1. The number of fused-ring (bicyclic) bond motifs is 1. The zero-order valence-electron chi connectivity index (χ0n) is 12.2. The van der Waals surface area contributed by atoms with Gasteiger partial charge in [0.25, 0.3) is 0 Å². The van der Waals surface area contributed by atoms with Crippen LogP contribution < -0.4 is 5.32 Å². The van der Waals surface area contributed by atoms with Crippen LogP contribution in [0.2, 0.25) is 0 Å². The summed E-state index contributed by atoms with van der Waals surface area (Å²) in [5.74, 6) is 0. The molecule has 6 heteroatoms. The Hall–Kier alpha value is -2.34. The van der Waals surface area contributed by atoms with E-state index in [0.717, 1.165) is 29.7 Å². The zero-order chi connectivity index (χ0) is 14.7. The molecule has 1 N–H and O–H groups in total. The average Bonchev–Trinajstić information content (AvgIpc) is 2.91. The van der Waals surface area contributed by atoms with Crippen LogP contribution in [-0.4, -0.2) is 31.5 Å². The minimum absolute atomic E-state index is 0.193. The molecule has 0 aliphatic carbocycles. The van der Waals surface area contributed by atoms with Crippen molar-refractivity contribution in [2.45, 2.75) is 19.4 Å². The Kier molecular flexibility index (Phi) is 3.87. The van der Waals surface area contributed by atoms with Crippen molar-refractivity contribution in [1.29, 1.82) is 0 Å². The monoisotopic (exact) mass is 282 g/mol. The molecule has 108 valence electrons. The summed E-state index contributed by atoms with van der Waals surface area (Å²) in [6.45, 7) is 2.99. The quantitative estimate of drug-likeness (QED) is 0.770. The van der Waals surface area contributed by atoms with Crippen molar-refractivity contribution in [3.05, 3.63) is 48.0 Å². The van der Waals surface area contributed by atoms with E-state index in [1.54, 1.807) is 17.1 Å². The number of nitrogens with one attached hydrogen (secondary N) is 1. The second kappa shape index (κ2) is 5.97. The van der Waals surface area contributed by atoms with Crippen LogP contribution in [0.25, 0.3) is 11.0 Å². The van der Waals surface area contributed by atoms with Gasteiger partial charge >= 0.3 is 0 Å². The fraction of sp³-hybridized carbons (Fsp3) is 0.333. The molecule has 0 fully saturated rings. The van der Waals surface area contributed by atoms with E-state index in [2.05, 4.69) is 44.7 Å². The Morgan fingerprint density at radius 1 is 1.19 bits per heavy atom. The molecule has 0 aliphatic heterocycles. The number of nitrogens with zero attached hydrogens (tertiary/aromatic N) is 5. The van der Waals surface area contributed by atoms with Crippen LogP contribution in [0.1, 0.15) is 24.2 Å². The van der Waals surface area contributed by atoms with Crippen LogP contribution in [0.15, 0.2) is 36.8 Å². The summed E-state index contributed by atoms with van der Waals surface area (Å²) in [4.78, 5) is 8.68. The Morgan fingerprint density at radius 3 is 2.71 bits per heavy atom. The smallest absolute Gasteiger partial charge is 0.0890 e. The summed E-state index contributed by atoms with van der Waals surface area (Å²) < 4.78 is 1.73. The molecule has 2 aromatic heterocycles. The molecular formula is C15H18N6. The first-order valence-corrected chi connectivity index (χ1v) is 7.05. The molecule has 21 heavy (non-hydrogen) atoms. The third-order valence-electron chi connectivity index (χ3n) is 3.41. The fourth-order valence-corrected chi connectivity index (χ4v) is 2.45. The van der Waals surface area contributed by atoms with Crippen molar-refractivity contribution in [3.8, 4) is 0 Å². The van der Waals surface area contributed by atoms with Gasteiger partial charge in [-0.3, -0.25) is 14.6 Å². The van der Waals surface area contributed by atoms with E-state index in [1.165, 1.54) is 5.56 Å². The third kappa shape index (κ3) is 3.05. The predicted octanol–water partition coefficient (Wildman–Crippen LogP) is 1.65. The largest absolute Gasteiger partial charge is 0.310 e. The van der Waals surface area contributed by atoms with Crippen molar-refractivity contribution in [3.63, 3.8) is 0 Å². The van der Waals surface area contributed by atoms with Crippen molar-refractivity contribution in [2.24, 2.45) is 7.05 Å². The maximum Gasteiger partial charge on any atom is 0.0890 e. The van der Waals surface area contributed by atoms with Crippen LogP contribution >= 0.6 is 0 Å². The van der Waals surface area contributed by atoms with E-state index < -0.39 is 0 Å². The Bertz CT molecular complexity index is 736. The van der Waals surface area contributed by atoms with E-state index in [9.17, 15) is 0 Å². The molecule has 0 saturated carbocycles. The Labute approximate surface area is 123 Å². The number of aryl methyl sites for hydroxylation is 1. The van der Waals surface area contributed by atoms with Gasteiger partial charge < -0.3 is 5.32 Å². The van der Waals surface area contributed by atoms with Crippen LogP contribution in [-0.2, 0) is 13.5 Å². The van der Waals surface area contributed by atoms with Crippen molar-refractivity contribution in [2.75, 3.05) is 6.54 Å². The first-order chi connectivity index (χ1) is 10.3. The Balaban J connectivity index is 1.90. The maximum atomic E-state index is 4.37. The van der Waals surface area contributed by atoms with Crippen molar-refractivity contribution < 1.29 is 0 Å². The highest BCUT2D eigenvalue weighted by atomic mass is 15.4. The van der Waals surface area contributed by atoms with Crippen LogP contribution in [0.3, 0.4) is 0 Å². The lowest BCUT2D eigenvalue weighted by molar-refractivity contribution is 0.544. The number of hydrogen-bond donors (Lipinski definition) is 1. The summed E-state index contributed by atoms with van der Waals surface area (Å²) in [6.07, 6.45) is 6.18. The SMILES string of the molecule is CCNC(Cc1cn(C)nn1)c1ccc2nccnc2c1. The molecule has 6 nitrogen and oxygen atoms in total. The highest BCUT2D eigenvalue weighted by Gasteiger charge is 2.14. The van der Waals surface area contributed by atoms with Gasteiger partial charge in [-0.15, -0.1) is 5.10 Å². The minimum atomic E-state index is 0.193. The number of aromatic nitrogens is 5. The summed E-state index contributed by atoms with van der Waals surface area (Å²) in [5, 5.41) is 11.7. The van der Waals surface area contributed by atoms with Gasteiger partial charge in [-0.25, -0.2) is 0 Å². The lowest BCUT2D eigenvalue weighted by atomic mass is 10.0. The van der Waals surface area contributed by atoms with E-state index in [4.69, 9.17) is 0 Å². The molecule has 1 unspecified atom stereocenters. The van der Waals surface area contributed by atoms with Gasteiger partial charge in [0.05, 0.1) is 16.7 Å². The lowest BCUT2D eigenvalue weighted by Gasteiger charge is -2.17. The molecule has 1 atom stereocenters. The number of hydrogen-bond acceptors (Lipinski definition) is 5. The van der Waals surface area contributed by atoms with Gasteiger partial charge in [0.15, 0.2) is 0 Å². The van der Waals surface area contributed by atoms with Gasteiger partial charge in [0.2, 0.25) is 0 Å². The van der Waals surface area contributed by atoms with Gasteiger partial charge in [0, 0.05) is 38.1 Å². The molecule has 0 bridgehead atoms. The summed E-state index contributed by atoms with van der Waals surface area (Å²) in [5.41, 5.74) is 3.99. The first kappa shape index (κ1) is 13.6. The second-order valence-electron chi connectivity index (χ2n) is 5.00. The molecule has 0 spiro atoms. The Morgan fingerprint density at radius 2 is 2.00 bits per heavy atom. The molecule has 2 heterocycles. The van der Waals surface area contributed by atoms with E-state index in [0.29, 0.717) is 0 Å². The van der Waals surface area contributed by atoms with Gasteiger partial charge in [-0.05, 0) is 24.2 Å². The van der Waals surface area contributed by atoms with E-state index in [1.807, 2.05) is 19.3 Å². The number of benzene rings is 1. The van der Waals surface area contributed by atoms with Gasteiger partial charge in [0.1, 0.15) is 0 Å². The summed E-state index contributed by atoms with van der Waals surface area (Å²) >= 11 is 0. The van der Waals surface area contributed by atoms with Crippen LogP contribution in [0, 0.1) is 0 Å². The van der Waals surface area contributed by atoms with E-state index >= 15 is 0 Å². The molecule has 1 aromatic carbocycles. The predicted molar refractivity (Wildman–Crippen MR) is 80.7 cm³/mol. The molecule has 0 radical (unpaired) electrons. The number of rotatable bonds is 5. The molecule has 0 saturated heterocycles. The molecule has 0 amide bonds. The minimum Gasteiger partial charge on any atom is -0.310 e.